The van der Waals surface area contributed by atoms with Crippen LogP contribution < -0.4 is 0 Å². The summed E-state index contributed by atoms with van der Waals surface area (Å²) in [4.78, 5) is 0. The molecule has 0 atom stereocenters. The Balaban J connectivity index is 2.94. The van der Waals surface area contributed by atoms with E-state index < -0.39 is 0 Å². The van der Waals surface area contributed by atoms with Gasteiger partial charge in [-0.2, -0.15) is 0 Å². The van der Waals surface area contributed by atoms with E-state index in [1.54, 1.807) is 12.1 Å². The molecule has 0 heterocycles. The summed E-state index contributed by atoms with van der Waals surface area (Å²) in [5.41, 5.74) is 3.38. The summed E-state index contributed by atoms with van der Waals surface area (Å²) in [6.45, 7) is 7.59. The lowest BCUT2D eigenvalue weighted by Crippen LogP contribution is -1.90. The van der Waals surface area contributed by atoms with E-state index in [2.05, 4.69) is 12.7 Å². The standard InChI is InChI=1S/C13H16O/c1-4-5-6-7-12-8-9-13(14)11(3)10(12)2/h4-6,8-9,14H,1,7H2,2-3H3/b6-5+. The number of allylic oxidation sites excluding steroid dienone is 3. The van der Waals surface area contributed by atoms with Gasteiger partial charge in [0, 0.05) is 0 Å². The van der Waals surface area contributed by atoms with Crippen LogP contribution in [0.25, 0.3) is 0 Å². The molecule has 74 valence electrons. The predicted molar refractivity (Wildman–Crippen MR) is 60.6 cm³/mol. The molecule has 0 radical (unpaired) electrons. The maximum Gasteiger partial charge on any atom is 0.118 e. The smallest absolute Gasteiger partial charge is 0.118 e. The summed E-state index contributed by atoms with van der Waals surface area (Å²) < 4.78 is 0. The third-order valence-electron chi connectivity index (χ3n) is 2.48. The number of phenolic OH excluding ortho intramolecular Hbond substituents is 1. The molecule has 0 aromatic heterocycles. The van der Waals surface area contributed by atoms with Gasteiger partial charge < -0.3 is 5.11 Å². The Kier molecular flexibility index (Phi) is 3.52. The third-order valence-corrected chi connectivity index (χ3v) is 2.48. The first kappa shape index (κ1) is 10.6. The van der Waals surface area contributed by atoms with Crippen molar-refractivity contribution in [3.05, 3.63) is 53.6 Å². The quantitative estimate of drug-likeness (QED) is 0.722. The lowest BCUT2D eigenvalue weighted by Gasteiger charge is -2.07. The van der Waals surface area contributed by atoms with E-state index in [0.717, 1.165) is 12.0 Å². The number of hydrogen-bond donors (Lipinski definition) is 1. The maximum absolute atomic E-state index is 9.46. The second kappa shape index (κ2) is 4.66. The molecule has 0 fully saturated rings. The van der Waals surface area contributed by atoms with Gasteiger partial charge >= 0.3 is 0 Å². The molecule has 0 aliphatic carbocycles. The molecule has 0 bridgehead atoms. The van der Waals surface area contributed by atoms with Crippen molar-refractivity contribution < 1.29 is 5.11 Å². The number of rotatable bonds is 3. The molecule has 1 heteroatoms. The largest absolute Gasteiger partial charge is 0.508 e. The highest BCUT2D eigenvalue weighted by Gasteiger charge is 2.03. The van der Waals surface area contributed by atoms with Crippen LogP contribution in [0.5, 0.6) is 5.75 Å². The van der Waals surface area contributed by atoms with Crippen LogP contribution in [-0.4, -0.2) is 5.11 Å². The minimum absolute atomic E-state index is 0.374. The Labute approximate surface area is 85.4 Å². The highest BCUT2D eigenvalue weighted by molar-refractivity contribution is 5.43. The number of benzene rings is 1. The van der Waals surface area contributed by atoms with Crippen molar-refractivity contribution in [2.45, 2.75) is 20.3 Å². The first-order chi connectivity index (χ1) is 6.66. The second-order valence-corrected chi connectivity index (χ2v) is 3.36. The minimum atomic E-state index is 0.374. The Morgan fingerprint density at radius 2 is 2.00 bits per heavy atom. The zero-order valence-electron chi connectivity index (χ0n) is 8.75. The molecule has 0 saturated carbocycles. The summed E-state index contributed by atoms with van der Waals surface area (Å²) in [7, 11) is 0. The summed E-state index contributed by atoms with van der Waals surface area (Å²) in [5.74, 6) is 0.374. The van der Waals surface area contributed by atoms with Crippen LogP contribution >= 0.6 is 0 Å². The van der Waals surface area contributed by atoms with Crippen LogP contribution in [0.15, 0.2) is 36.9 Å². The Bertz CT molecular complexity index is 362. The van der Waals surface area contributed by atoms with Crippen molar-refractivity contribution in [1.82, 2.24) is 0 Å². The Morgan fingerprint density at radius 3 is 2.64 bits per heavy atom. The third kappa shape index (κ3) is 2.25. The molecule has 1 N–H and O–H groups in total. The molecule has 0 unspecified atom stereocenters. The second-order valence-electron chi connectivity index (χ2n) is 3.36. The van der Waals surface area contributed by atoms with E-state index >= 15 is 0 Å². The van der Waals surface area contributed by atoms with Crippen molar-refractivity contribution in [2.24, 2.45) is 0 Å². The fraction of sp³-hybridized carbons (Fsp3) is 0.231. The summed E-state index contributed by atoms with van der Waals surface area (Å²) in [6.07, 6.45) is 6.65. The molecule has 14 heavy (non-hydrogen) atoms. The Morgan fingerprint density at radius 1 is 1.29 bits per heavy atom. The van der Waals surface area contributed by atoms with Gasteiger partial charge in [0.05, 0.1) is 0 Å². The molecule has 0 spiro atoms. The number of phenols is 1. The lowest BCUT2D eigenvalue weighted by molar-refractivity contribution is 0.470. The molecule has 1 rings (SSSR count). The SMILES string of the molecule is C=C/C=C/Cc1ccc(O)c(C)c1C. The van der Waals surface area contributed by atoms with Crippen molar-refractivity contribution in [3.63, 3.8) is 0 Å². The van der Waals surface area contributed by atoms with E-state index in [1.807, 2.05) is 26.0 Å². The van der Waals surface area contributed by atoms with E-state index in [-0.39, 0.29) is 0 Å². The van der Waals surface area contributed by atoms with Crippen LogP contribution in [0, 0.1) is 13.8 Å². The summed E-state index contributed by atoms with van der Waals surface area (Å²) in [6, 6.07) is 3.71. The molecular weight excluding hydrogens is 172 g/mol. The van der Waals surface area contributed by atoms with Crippen LogP contribution in [-0.2, 0) is 6.42 Å². The average molecular weight is 188 g/mol. The first-order valence-corrected chi connectivity index (χ1v) is 4.72. The molecular formula is C13H16O. The van der Waals surface area contributed by atoms with E-state index in [4.69, 9.17) is 0 Å². The minimum Gasteiger partial charge on any atom is -0.508 e. The Hall–Kier alpha value is -1.50. The first-order valence-electron chi connectivity index (χ1n) is 4.72. The van der Waals surface area contributed by atoms with Gasteiger partial charge in [0.15, 0.2) is 0 Å². The van der Waals surface area contributed by atoms with Gasteiger partial charge in [0.25, 0.3) is 0 Å². The molecule has 1 nitrogen and oxygen atoms in total. The predicted octanol–water partition coefficient (Wildman–Crippen LogP) is 3.29. The van der Waals surface area contributed by atoms with Crippen molar-refractivity contribution in [1.29, 1.82) is 0 Å². The van der Waals surface area contributed by atoms with Gasteiger partial charge in [0.1, 0.15) is 5.75 Å². The summed E-state index contributed by atoms with van der Waals surface area (Å²) >= 11 is 0. The molecule has 1 aromatic rings. The number of hydrogen-bond acceptors (Lipinski definition) is 1. The van der Waals surface area contributed by atoms with E-state index in [9.17, 15) is 5.11 Å². The van der Waals surface area contributed by atoms with Crippen LogP contribution in [0.1, 0.15) is 16.7 Å². The van der Waals surface area contributed by atoms with E-state index in [0.29, 0.717) is 5.75 Å². The topological polar surface area (TPSA) is 20.2 Å². The molecule has 0 amide bonds. The van der Waals surface area contributed by atoms with Crippen molar-refractivity contribution in [2.75, 3.05) is 0 Å². The normalized spacial score (nSPS) is 10.7. The van der Waals surface area contributed by atoms with Crippen molar-refractivity contribution >= 4 is 0 Å². The zero-order chi connectivity index (χ0) is 10.6. The number of aromatic hydroxyl groups is 1. The zero-order valence-corrected chi connectivity index (χ0v) is 8.75. The summed E-state index contributed by atoms with van der Waals surface area (Å²) in [5, 5.41) is 9.46. The van der Waals surface area contributed by atoms with Crippen molar-refractivity contribution in [3.8, 4) is 5.75 Å². The van der Waals surface area contributed by atoms with Gasteiger partial charge in [0.2, 0.25) is 0 Å². The average Bonchev–Trinajstić information content (AvgIpc) is 2.18. The van der Waals surface area contributed by atoms with Gasteiger partial charge in [-0.05, 0) is 43.0 Å². The van der Waals surface area contributed by atoms with Crippen LogP contribution in [0.3, 0.4) is 0 Å². The van der Waals surface area contributed by atoms with Crippen LogP contribution in [0.4, 0.5) is 0 Å². The van der Waals surface area contributed by atoms with E-state index in [1.165, 1.54) is 11.1 Å². The lowest BCUT2D eigenvalue weighted by atomic mass is 10.00. The van der Waals surface area contributed by atoms with Gasteiger partial charge in [-0.1, -0.05) is 30.9 Å². The highest BCUT2D eigenvalue weighted by Crippen LogP contribution is 2.23. The fourth-order valence-corrected chi connectivity index (χ4v) is 1.37. The fourth-order valence-electron chi connectivity index (χ4n) is 1.37. The molecule has 1 aromatic carbocycles. The molecule has 0 aliphatic heterocycles. The monoisotopic (exact) mass is 188 g/mol. The molecule has 0 aliphatic rings. The van der Waals surface area contributed by atoms with Gasteiger partial charge in [-0.3, -0.25) is 0 Å². The maximum atomic E-state index is 9.46. The van der Waals surface area contributed by atoms with Gasteiger partial charge in [-0.25, -0.2) is 0 Å². The van der Waals surface area contributed by atoms with Crippen LogP contribution in [0.2, 0.25) is 0 Å². The highest BCUT2D eigenvalue weighted by atomic mass is 16.3. The van der Waals surface area contributed by atoms with Gasteiger partial charge in [-0.15, -0.1) is 0 Å². The molecule has 0 saturated heterocycles.